The van der Waals surface area contributed by atoms with Crippen LogP contribution in [-0.2, 0) is 14.8 Å². The maximum absolute atomic E-state index is 13.0. The van der Waals surface area contributed by atoms with Crippen molar-refractivity contribution >= 4 is 54.6 Å². The maximum atomic E-state index is 13.0. The number of rotatable bonds is 11. The number of nitrogens with one attached hydrogen (secondary N) is 3. The Balaban J connectivity index is 1.82. The summed E-state index contributed by atoms with van der Waals surface area (Å²) in [7, 11) is -1.15. The molecule has 0 radical (unpaired) electrons. The molecule has 0 fully saturated rings. The molecule has 1 amide bonds. The van der Waals surface area contributed by atoms with Crippen molar-refractivity contribution in [2.75, 3.05) is 36.3 Å². The van der Waals surface area contributed by atoms with Gasteiger partial charge in [-0.15, -0.1) is 0 Å². The number of hydrogen-bond donors (Lipinski definition) is 3. The van der Waals surface area contributed by atoms with Crippen molar-refractivity contribution in [1.82, 2.24) is 0 Å². The molecule has 198 valence electrons. The molecule has 13 heteroatoms. The molecule has 0 unspecified atom stereocenters. The van der Waals surface area contributed by atoms with Gasteiger partial charge in [0, 0.05) is 11.8 Å². The monoisotopic (exact) mass is 601 g/mol. The third kappa shape index (κ3) is 7.15. The lowest BCUT2D eigenvalue weighted by atomic mass is 10.3. The first kappa shape index (κ1) is 28.3. The fourth-order valence-corrected chi connectivity index (χ4v) is 4.69. The Morgan fingerprint density at radius 2 is 1.79 bits per heavy atom. The molecular formula is C25H24BrN5O6S. The van der Waals surface area contributed by atoms with Gasteiger partial charge in [-0.3, -0.25) is 14.9 Å². The van der Waals surface area contributed by atoms with E-state index in [4.69, 9.17) is 14.2 Å². The number of carbonyl (C=O) groups excluding carboxylic acids is 1. The molecule has 0 spiro atoms. The normalized spacial score (nSPS) is 11.2. The van der Waals surface area contributed by atoms with Gasteiger partial charge in [0.1, 0.15) is 23.3 Å². The number of halogens is 1. The van der Waals surface area contributed by atoms with E-state index >= 15 is 0 Å². The van der Waals surface area contributed by atoms with Gasteiger partial charge in [0.15, 0.2) is 0 Å². The number of amides is 1. The summed E-state index contributed by atoms with van der Waals surface area (Å²) in [6, 6.07) is 17.1. The van der Waals surface area contributed by atoms with Crippen molar-refractivity contribution in [1.29, 1.82) is 5.26 Å². The number of carbonyl (C=O) groups is 1. The number of ether oxygens (including phenoxy) is 3. The molecule has 0 aliphatic rings. The second kappa shape index (κ2) is 12.8. The van der Waals surface area contributed by atoms with Gasteiger partial charge in [0.25, 0.3) is 15.9 Å². The molecule has 0 aliphatic heterocycles. The molecule has 0 bridgehead atoms. The summed E-state index contributed by atoms with van der Waals surface area (Å²) in [4.78, 5) is 12.4. The van der Waals surface area contributed by atoms with Gasteiger partial charge in [-0.05, 0) is 71.4 Å². The summed E-state index contributed by atoms with van der Waals surface area (Å²) in [6.45, 7) is 2.30. The molecule has 0 aliphatic carbocycles. The van der Waals surface area contributed by atoms with Gasteiger partial charge in [-0.25, -0.2) is 8.42 Å². The van der Waals surface area contributed by atoms with Crippen LogP contribution in [0.2, 0.25) is 0 Å². The molecule has 0 heterocycles. The number of benzene rings is 3. The topological polar surface area (TPSA) is 151 Å². The van der Waals surface area contributed by atoms with Crippen LogP contribution < -0.4 is 29.7 Å². The number of sulfonamides is 1. The molecule has 3 aromatic carbocycles. The van der Waals surface area contributed by atoms with Crippen LogP contribution in [-0.4, -0.2) is 40.9 Å². The molecule has 0 aromatic heterocycles. The van der Waals surface area contributed by atoms with Crippen LogP contribution in [0.15, 0.2) is 75.1 Å². The van der Waals surface area contributed by atoms with E-state index in [1.165, 1.54) is 32.4 Å². The van der Waals surface area contributed by atoms with Crippen LogP contribution in [0, 0.1) is 11.3 Å². The van der Waals surface area contributed by atoms with Crippen LogP contribution in [0.4, 0.5) is 17.1 Å². The lowest BCUT2D eigenvalue weighted by molar-refractivity contribution is -0.110. The SMILES string of the molecule is CCOc1ccc(NS(=O)(=O)c2ccc(OC)c(NN=C(C#N)C(=O)Nc3cccc(OC)c3)c2)cc1Br. The Morgan fingerprint density at radius 3 is 2.45 bits per heavy atom. The zero-order valence-electron chi connectivity index (χ0n) is 20.6. The van der Waals surface area contributed by atoms with E-state index in [1.807, 2.05) is 6.92 Å². The van der Waals surface area contributed by atoms with Crippen LogP contribution in [0.1, 0.15) is 6.92 Å². The van der Waals surface area contributed by atoms with Crippen molar-refractivity contribution in [3.05, 3.63) is 65.1 Å². The van der Waals surface area contributed by atoms with Crippen molar-refractivity contribution in [3.63, 3.8) is 0 Å². The Bertz CT molecular complexity index is 1500. The summed E-state index contributed by atoms with van der Waals surface area (Å²) in [5, 5.41) is 15.8. The summed E-state index contributed by atoms with van der Waals surface area (Å²) in [5.74, 6) is 0.555. The van der Waals surface area contributed by atoms with Crippen molar-refractivity contribution in [2.24, 2.45) is 5.10 Å². The first-order chi connectivity index (χ1) is 18.2. The average molecular weight is 602 g/mol. The van der Waals surface area contributed by atoms with Gasteiger partial charge in [0.05, 0.1) is 41.6 Å². The summed E-state index contributed by atoms with van der Waals surface area (Å²) >= 11 is 3.36. The van der Waals surface area contributed by atoms with Crippen LogP contribution in [0.3, 0.4) is 0 Å². The van der Waals surface area contributed by atoms with E-state index in [2.05, 4.69) is 36.5 Å². The largest absolute Gasteiger partial charge is 0.497 e. The smallest absolute Gasteiger partial charge is 0.287 e. The molecule has 0 atom stereocenters. The van der Waals surface area contributed by atoms with Gasteiger partial charge in [0.2, 0.25) is 5.71 Å². The predicted molar refractivity (Wildman–Crippen MR) is 147 cm³/mol. The number of hydrogen-bond acceptors (Lipinski definition) is 9. The Morgan fingerprint density at radius 1 is 1.03 bits per heavy atom. The lowest BCUT2D eigenvalue weighted by Crippen LogP contribution is -2.22. The zero-order chi connectivity index (χ0) is 27.7. The average Bonchev–Trinajstić information content (AvgIpc) is 2.90. The number of anilines is 3. The molecule has 3 rings (SSSR count). The molecule has 0 saturated heterocycles. The van der Waals surface area contributed by atoms with E-state index in [1.54, 1.807) is 48.5 Å². The van der Waals surface area contributed by atoms with Crippen LogP contribution in [0.5, 0.6) is 17.2 Å². The molecule has 3 N–H and O–H groups in total. The highest BCUT2D eigenvalue weighted by Crippen LogP contribution is 2.31. The molecule has 11 nitrogen and oxygen atoms in total. The first-order valence-corrected chi connectivity index (χ1v) is 13.3. The Labute approximate surface area is 228 Å². The van der Waals surface area contributed by atoms with E-state index in [-0.39, 0.29) is 16.3 Å². The fraction of sp³-hybridized carbons (Fsp3) is 0.160. The number of hydrazone groups is 1. The molecular weight excluding hydrogens is 578 g/mol. The minimum atomic E-state index is -4.02. The van der Waals surface area contributed by atoms with Gasteiger partial charge in [-0.1, -0.05) is 6.07 Å². The number of nitrogens with zero attached hydrogens (tertiary/aromatic N) is 2. The van der Waals surface area contributed by atoms with Gasteiger partial charge >= 0.3 is 0 Å². The van der Waals surface area contributed by atoms with E-state index in [9.17, 15) is 18.5 Å². The van der Waals surface area contributed by atoms with Crippen molar-refractivity contribution in [3.8, 4) is 23.3 Å². The van der Waals surface area contributed by atoms with Gasteiger partial charge in [-0.2, -0.15) is 10.4 Å². The summed E-state index contributed by atoms with van der Waals surface area (Å²) in [5.41, 5.74) is 2.87. The molecule has 38 heavy (non-hydrogen) atoms. The highest BCUT2D eigenvalue weighted by atomic mass is 79.9. The van der Waals surface area contributed by atoms with Crippen LogP contribution in [0.25, 0.3) is 0 Å². The summed E-state index contributed by atoms with van der Waals surface area (Å²) < 4.78 is 45.0. The number of methoxy groups -OCH3 is 2. The van der Waals surface area contributed by atoms with Crippen LogP contribution >= 0.6 is 15.9 Å². The van der Waals surface area contributed by atoms with Crippen molar-refractivity contribution in [2.45, 2.75) is 11.8 Å². The molecule has 0 saturated carbocycles. The number of nitriles is 1. The first-order valence-electron chi connectivity index (χ1n) is 11.0. The van der Waals surface area contributed by atoms with E-state index < -0.39 is 21.6 Å². The van der Waals surface area contributed by atoms with E-state index in [0.29, 0.717) is 34.0 Å². The van der Waals surface area contributed by atoms with Gasteiger partial charge < -0.3 is 19.5 Å². The Hall–Kier alpha value is -4.28. The third-order valence-corrected chi connectivity index (χ3v) is 6.90. The maximum Gasteiger partial charge on any atom is 0.287 e. The third-order valence-electron chi connectivity index (χ3n) is 4.90. The minimum absolute atomic E-state index is 0.111. The lowest BCUT2D eigenvalue weighted by Gasteiger charge is -2.13. The minimum Gasteiger partial charge on any atom is -0.497 e. The standard InChI is InChI=1S/C25H24BrN5O6S/c1-4-37-23-10-8-17(13-20(23)26)31-38(33,34)19-9-11-24(36-3)21(14-19)29-30-22(15-27)25(32)28-16-6-5-7-18(12-16)35-2/h5-14,29,31H,4H2,1-3H3,(H,28,32). The zero-order valence-corrected chi connectivity index (χ0v) is 23.0. The second-order valence-electron chi connectivity index (χ2n) is 7.42. The van der Waals surface area contributed by atoms with E-state index in [0.717, 1.165) is 0 Å². The highest BCUT2D eigenvalue weighted by molar-refractivity contribution is 9.10. The summed E-state index contributed by atoms with van der Waals surface area (Å²) in [6.07, 6.45) is 0. The highest BCUT2D eigenvalue weighted by Gasteiger charge is 2.18. The predicted octanol–water partition coefficient (Wildman–Crippen LogP) is 4.60. The second-order valence-corrected chi connectivity index (χ2v) is 9.95. The van der Waals surface area contributed by atoms with Crippen molar-refractivity contribution < 1.29 is 27.4 Å². The quantitative estimate of drug-likeness (QED) is 0.213. The fourth-order valence-electron chi connectivity index (χ4n) is 3.13. The Kier molecular flexibility index (Phi) is 9.53. The molecule has 3 aromatic rings.